The Morgan fingerprint density at radius 2 is 1.93 bits per heavy atom. The number of anilines is 2. The maximum atomic E-state index is 13.0. The van der Waals surface area contributed by atoms with Crippen molar-refractivity contribution >= 4 is 27.3 Å². The molecule has 2 aromatic rings. The molecule has 1 saturated heterocycles. The van der Waals surface area contributed by atoms with Crippen molar-refractivity contribution in [1.82, 2.24) is 4.31 Å². The SMILES string of the molecule is CCOc1ccc(NC(=O)c2cccc(N)c2)cc1S(=O)(=O)N1CCCC1. The fourth-order valence-corrected chi connectivity index (χ4v) is 4.69. The Balaban J connectivity index is 1.92. The minimum atomic E-state index is -3.68. The summed E-state index contributed by atoms with van der Waals surface area (Å²) in [5, 5.41) is 2.72. The number of carbonyl (C=O) groups is 1. The van der Waals surface area contributed by atoms with Gasteiger partial charge in [-0.1, -0.05) is 6.07 Å². The Kier molecular flexibility index (Phi) is 5.67. The Morgan fingerprint density at radius 3 is 2.59 bits per heavy atom. The zero-order valence-electron chi connectivity index (χ0n) is 15.1. The Bertz CT molecular complexity index is 938. The molecule has 8 heteroatoms. The molecule has 0 atom stereocenters. The predicted octanol–water partition coefficient (Wildman–Crippen LogP) is 2.70. The molecule has 1 heterocycles. The van der Waals surface area contributed by atoms with Gasteiger partial charge in [-0.2, -0.15) is 4.31 Å². The fraction of sp³-hybridized carbons (Fsp3) is 0.316. The van der Waals surface area contributed by atoms with E-state index in [1.807, 2.05) is 0 Å². The number of nitrogen functional groups attached to an aromatic ring is 1. The number of nitrogens with one attached hydrogen (secondary N) is 1. The Hall–Kier alpha value is -2.58. The summed E-state index contributed by atoms with van der Waals surface area (Å²) in [5.74, 6) is -0.0812. The number of nitrogens with two attached hydrogens (primary N) is 1. The van der Waals surface area contributed by atoms with Crippen LogP contribution >= 0.6 is 0 Å². The molecule has 2 aromatic carbocycles. The highest BCUT2D eigenvalue weighted by molar-refractivity contribution is 7.89. The molecule has 0 radical (unpaired) electrons. The molecule has 0 bridgehead atoms. The number of hydrogen-bond donors (Lipinski definition) is 2. The summed E-state index contributed by atoms with van der Waals surface area (Å²) in [6, 6.07) is 11.2. The largest absolute Gasteiger partial charge is 0.492 e. The molecule has 3 N–H and O–H groups in total. The molecule has 3 rings (SSSR count). The van der Waals surface area contributed by atoms with Crippen LogP contribution in [0.2, 0.25) is 0 Å². The van der Waals surface area contributed by atoms with E-state index in [9.17, 15) is 13.2 Å². The molecule has 0 aliphatic carbocycles. The first-order valence-electron chi connectivity index (χ1n) is 8.85. The lowest BCUT2D eigenvalue weighted by Gasteiger charge is -2.19. The number of amides is 1. The van der Waals surface area contributed by atoms with Crippen LogP contribution in [0, 0.1) is 0 Å². The van der Waals surface area contributed by atoms with Gasteiger partial charge in [-0.3, -0.25) is 4.79 Å². The van der Waals surface area contributed by atoms with Crippen LogP contribution in [-0.4, -0.2) is 38.3 Å². The van der Waals surface area contributed by atoms with E-state index < -0.39 is 10.0 Å². The van der Waals surface area contributed by atoms with Crippen LogP contribution in [0.25, 0.3) is 0 Å². The van der Waals surface area contributed by atoms with Crippen molar-refractivity contribution < 1.29 is 17.9 Å². The summed E-state index contributed by atoms with van der Waals surface area (Å²) < 4.78 is 33.0. The summed E-state index contributed by atoms with van der Waals surface area (Å²) in [7, 11) is -3.68. The number of nitrogens with zero attached hydrogens (tertiary/aromatic N) is 1. The van der Waals surface area contributed by atoms with E-state index in [1.54, 1.807) is 43.3 Å². The van der Waals surface area contributed by atoms with Gasteiger partial charge in [-0.25, -0.2) is 8.42 Å². The summed E-state index contributed by atoms with van der Waals surface area (Å²) in [6.45, 7) is 3.13. The highest BCUT2D eigenvalue weighted by Gasteiger charge is 2.30. The molecule has 1 amide bonds. The number of carbonyl (C=O) groups excluding carboxylic acids is 1. The van der Waals surface area contributed by atoms with E-state index in [0.717, 1.165) is 12.8 Å². The molecule has 1 aliphatic heterocycles. The lowest BCUT2D eigenvalue weighted by molar-refractivity contribution is 0.102. The van der Waals surface area contributed by atoms with E-state index in [2.05, 4.69) is 5.32 Å². The predicted molar refractivity (Wildman–Crippen MR) is 104 cm³/mol. The van der Waals surface area contributed by atoms with Gasteiger partial charge in [-0.05, 0) is 56.2 Å². The van der Waals surface area contributed by atoms with E-state index in [1.165, 1.54) is 10.4 Å². The van der Waals surface area contributed by atoms with Crippen LogP contribution < -0.4 is 15.8 Å². The quantitative estimate of drug-likeness (QED) is 0.740. The molecule has 144 valence electrons. The molecule has 27 heavy (non-hydrogen) atoms. The molecule has 0 spiro atoms. The zero-order chi connectivity index (χ0) is 19.4. The second kappa shape index (κ2) is 7.98. The van der Waals surface area contributed by atoms with Gasteiger partial charge in [0.15, 0.2) is 0 Å². The van der Waals surface area contributed by atoms with Crippen molar-refractivity contribution in [2.45, 2.75) is 24.7 Å². The normalized spacial score (nSPS) is 14.9. The van der Waals surface area contributed by atoms with Gasteiger partial charge >= 0.3 is 0 Å². The first-order valence-corrected chi connectivity index (χ1v) is 10.3. The average Bonchev–Trinajstić information content (AvgIpc) is 3.18. The minimum absolute atomic E-state index is 0.0663. The third-order valence-corrected chi connectivity index (χ3v) is 6.25. The third kappa shape index (κ3) is 4.23. The first kappa shape index (κ1) is 19.2. The van der Waals surface area contributed by atoms with Gasteiger partial charge in [0.25, 0.3) is 5.91 Å². The van der Waals surface area contributed by atoms with Crippen molar-refractivity contribution in [2.24, 2.45) is 0 Å². The highest BCUT2D eigenvalue weighted by Crippen LogP contribution is 2.31. The van der Waals surface area contributed by atoms with Gasteiger partial charge < -0.3 is 15.8 Å². The summed E-state index contributed by atoms with van der Waals surface area (Å²) in [5.41, 5.74) is 6.97. The van der Waals surface area contributed by atoms with Crippen LogP contribution in [-0.2, 0) is 10.0 Å². The molecule has 1 fully saturated rings. The van der Waals surface area contributed by atoms with Crippen LogP contribution in [0.1, 0.15) is 30.1 Å². The number of sulfonamides is 1. The van der Waals surface area contributed by atoms with Crippen molar-refractivity contribution in [1.29, 1.82) is 0 Å². The van der Waals surface area contributed by atoms with Crippen molar-refractivity contribution in [3.8, 4) is 5.75 Å². The number of benzene rings is 2. The first-order chi connectivity index (χ1) is 12.9. The molecular formula is C19H23N3O4S. The molecule has 0 aromatic heterocycles. The summed E-state index contributed by atoms with van der Waals surface area (Å²) in [6.07, 6.45) is 1.68. The Labute approximate surface area is 159 Å². The molecular weight excluding hydrogens is 366 g/mol. The Morgan fingerprint density at radius 1 is 1.19 bits per heavy atom. The van der Waals surface area contributed by atoms with Gasteiger partial charge in [0.1, 0.15) is 10.6 Å². The maximum absolute atomic E-state index is 13.0. The molecule has 0 saturated carbocycles. The second-order valence-electron chi connectivity index (χ2n) is 6.29. The van der Waals surface area contributed by atoms with Crippen LogP contribution in [0.4, 0.5) is 11.4 Å². The number of rotatable bonds is 6. The molecule has 0 unspecified atom stereocenters. The number of ether oxygens (including phenoxy) is 1. The van der Waals surface area contributed by atoms with Gasteiger partial charge in [0.2, 0.25) is 10.0 Å². The van der Waals surface area contributed by atoms with Crippen LogP contribution in [0.3, 0.4) is 0 Å². The number of hydrogen-bond acceptors (Lipinski definition) is 5. The maximum Gasteiger partial charge on any atom is 0.255 e. The van der Waals surface area contributed by atoms with Crippen molar-refractivity contribution in [3.63, 3.8) is 0 Å². The monoisotopic (exact) mass is 389 g/mol. The molecule has 1 aliphatic rings. The minimum Gasteiger partial charge on any atom is -0.492 e. The van der Waals surface area contributed by atoms with Crippen molar-refractivity contribution in [3.05, 3.63) is 48.0 Å². The second-order valence-corrected chi connectivity index (χ2v) is 8.19. The van der Waals surface area contributed by atoms with Gasteiger partial charge in [0.05, 0.1) is 6.61 Å². The molecule has 7 nitrogen and oxygen atoms in total. The van der Waals surface area contributed by atoms with Gasteiger partial charge in [0, 0.05) is 30.0 Å². The van der Waals surface area contributed by atoms with E-state index >= 15 is 0 Å². The van der Waals surface area contributed by atoms with Gasteiger partial charge in [-0.15, -0.1) is 0 Å². The summed E-state index contributed by atoms with van der Waals surface area (Å²) >= 11 is 0. The van der Waals surface area contributed by atoms with Crippen molar-refractivity contribution in [2.75, 3.05) is 30.7 Å². The van der Waals surface area contributed by atoms with Crippen LogP contribution in [0.5, 0.6) is 5.75 Å². The van der Waals surface area contributed by atoms with Crippen LogP contribution in [0.15, 0.2) is 47.4 Å². The van der Waals surface area contributed by atoms with E-state index in [-0.39, 0.29) is 16.6 Å². The lowest BCUT2D eigenvalue weighted by Crippen LogP contribution is -2.28. The van der Waals surface area contributed by atoms with E-state index in [0.29, 0.717) is 36.6 Å². The zero-order valence-corrected chi connectivity index (χ0v) is 16.0. The third-order valence-electron chi connectivity index (χ3n) is 4.33. The fourth-order valence-electron chi connectivity index (χ4n) is 3.01. The lowest BCUT2D eigenvalue weighted by atomic mass is 10.2. The topological polar surface area (TPSA) is 102 Å². The van der Waals surface area contributed by atoms with E-state index in [4.69, 9.17) is 10.5 Å². The standard InChI is InChI=1S/C19H23N3O4S/c1-2-26-17-9-8-16(21-19(23)14-6-5-7-15(20)12-14)13-18(17)27(24,25)22-10-3-4-11-22/h5-9,12-13H,2-4,10-11,20H2,1H3,(H,21,23). The summed E-state index contributed by atoms with van der Waals surface area (Å²) in [4.78, 5) is 12.5. The highest BCUT2D eigenvalue weighted by atomic mass is 32.2. The smallest absolute Gasteiger partial charge is 0.255 e. The average molecular weight is 389 g/mol.